The van der Waals surface area contributed by atoms with Gasteiger partial charge in [-0.2, -0.15) is 0 Å². The monoisotopic (exact) mass is 272 g/mol. The van der Waals surface area contributed by atoms with Crippen LogP contribution in [0.3, 0.4) is 0 Å². The lowest BCUT2D eigenvalue weighted by Gasteiger charge is -1.96. The van der Waals surface area contributed by atoms with Crippen molar-refractivity contribution < 1.29 is 8.42 Å². The quantitative estimate of drug-likeness (QED) is 0.678. The van der Waals surface area contributed by atoms with Crippen LogP contribution in [-0.4, -0.2) is 14.7 Å². The van der Waals surface area contributed by atoms with Crippen LogP contribution >= 0.6 is 15.9 Å². The van der Waals surface area contributed by atoms with E-state index in [0.29, 0.717) is 5.56 Å². The third-order valence-electron chi connectivity index (χ3n) is 1.54. The van der Waals surface area contributed by atoms with Crippen molar-refractivity contribution >= 4 is 25.8 Å². The molecule has 0 saturated heterocycles. The summed E-state index contributed by atoms with van der Waals surface area (Å²) >= 11 is 3.35. The molecule has 0 spiro atoms. The number of hydrogen-bond donors (Lipinski definition) is 0. The van der Waals surface area contributed by atoms with Crippen LogP contribution in [0.4, 0.5) is 0 Å². The lowest BCUT2D eigenvalue weighted by molar-refractivity contribution is 0.611. The van der Waals surface area contributed by atoms with E-state index in [-0.39, 0.29) is 0 Å². The van der Waals surface area contributed by atoms with Crippen molar-refractivity contribution in [3.8, 4) is 11.2 Å². The molecule has 0 radical (unpaired) electrons. The fraction of sp³-hybridized carbons (Fsp3) is 0.200. The molecule has 0 unspecified atom stereocenters. The average Bonchev–Trinajstić information content (AvgIpc) is 2.06. The fourth-order valence-corrected chi connectivity index (χ4v) is 1.42. The van der Waals surface area contributed by atoms with Gasteiger partial charge in [-0.25, -0.2) is 8.42 Å². The highest BCUT2D eigenvalue weighted by atomic mass is 79.9. The molecule has 0 amide bonds. The molecule has 0 atom stereocenters. The highest BCUT2D eigenvalue weighted by Crippen LogP contribution is 2.16. The minimum Gasteiger partial charge on any atom is -0.216 e. The minimum absolute atomic E-state index is 0.705. The summed E-state index contributed by atoms with van der Waals surface area (Å²) in [5, 5.41) is 2.19. The molecule has 0 aromatic heterocycles. The van der Waals surface area contributed by atoms with Gasteiger partial charge in [0.25, 0.3) is 0 Å². The summed E-state index contributed by atoms with van der Waals surface area (Å²) in [6, 6.07) is 5.46. The molecule has 0 fully saturated rings. The first kappa shape index (κ1) is 11.3. The number of rotatable bonds is 0. The second-order valence-electron chi connectivity index (χ2n) is 2.96. The van der Waals surface area contributed by atoms with Crippen LogP contribution in [0.2, 0.25) is 0 Å². The van der Waals surface area contributed by atoms with Crippen LogP contribution in [0.1, 0.15) is 11.1 Å². The summed E-state index contributed by atoms with van der Waals surface area (Å²) in [5.74, 6) is 2.59. The summed E-state index contributed by atoms with van der Waals surface area (Å²) in [6.45, 7) is 1.93. The summed E-state index contributed by atoms with van der Waals surface area (Å²) in [6.07, 6.45) is 1.09. The maximum absolute atomic E-state index is 10.8. The van der Waals surface area contributed by atoms with Crippen LogP contribution < -0.4 is 0 Å². The van der Waals surface area contributed by atoms with Crippen molar-refractivity contribution in [3.63, 3.8) is 0 Å². The molecule has 74 valence electrons. The van der Waals surface area contributed by atoms with Gasteiger partial charge in [0.05, 0.1) is 6.26 Å². The Bertz CT molecular complexity index is 507. The van der Waals surface area contributed by atoms with Crippen molar-refractivity contribution in [2.24, 2.45) is 0 Å². The largest absolute Gasteiger partial charge is 0.216 e. The predicted octanol–water partition coefficient (Wildman–Crippen LogP) is 2.11. The highest BCUT2D eigenvalue weighted by Gasteiger charge is 1.96. The summed E-state index contributed by atoms with van der Waals surface area (Å²) in [7, 11) is -3.22. The van der Waals surface area contributed by atoms with E-state index in [9.17, 15) is 8.42 Å². The topological polar surface area (TPSA) is 34.1 Å². The average molecular weight is 273 g/mol. The Hall–Kier alpha value is -0.790. The van der Waals surface area contributed by atoms with Gasteiger partial charge in [0, 0.05) is 15.3 Å². The normalized spacial score (nSPS) is 10.5. The van der Waals surface area contributed by atoms with E-state index in [1.165, 1.54) is 0 Å². The standard InChI is InChI=1S/C10H9BrO2S/c1-8-7-9(3-4-10(8)11)5-6-14(2,12)13/h3-4,7H,1-2H3. The first-order chi connectivity index (χ1) is 6.38. The zero-order valence-electron chi connectivity index (χ0n) is 7.83. The molecular weight excluding hydrogens is 264 g/mol. The molecule has 4 heteroatoms. The van der Waals surface area contributed by atoms with E-state index >= 15 is 0 Å². The maximum Gasteiger partial charge on any atom is 0.214 e. The smallest absolute Gasteiger partial charge is 0.214 e. The minimum atomic E-state index is -3.22. The molecule has 1 aromatic carbocycles. The van der Waals surface area contributed by atoms with Gasteiger partial charge in [0.15, 0.2) is 0 Å². The van der Waals surface area contributed by atoms with E-state index in [2.05, 4.69) is 27.1 Å². The summed E-state index contributed by atoms with van der Waals surface area (Å²) in [5.41, 5.74) is 1.74. The molecule has 0 aliphatic carbocycles. The van der Waals surface area contributed by atoms with Crippen LogP contribution in [0, 0.1) is 18.1 Å². The molecule has 0 aliphatic rings. The molecule has 1 rings (SSSR count). The Kier molecular flexibility index (Phi) is 3.35. The highest BCUT2D eigenvalue weighted by molar-refractivity contribution is 9.10. The van der Waals surface area contributed by atoms with Crippen LogP contribution in [0.5, 0.6) is 0 Å². The Balaban J connectivity index is 3.10. The number of benzene rings is 1. The number of sulfone groups is 1. The first-order valence-electron chi connectivity index (χ1n) is 3.87. The Labute approximate surface area is 92.4 Å². The van der Waals surface area contributed by atoms with E-state index < -0.39 is 9.84 Å². The molecule has 0 bridgehead atoms. The first-order valence-corrected chi connectivity index (χ1v) is 6.56. The molecule has 0 saturated carbocycles. The number of halogens is 1. The van der Waals surface area contributed by atoms with E-state index in [0.717, 1.165) is 16.3 Å². The maximum atomic E-state index is 10.8. The Morgan fingerprint density at radius 3 is 2.50 bits per heavy atom. The van der Waals surface area contributed by atoms with E-state index in [1.807, 2.05) is 19.1 Å². The molecular formula is C10H9BrO2S. The summed E-state index contributed by atoms with van der Waals surface area (Å²) in [4.78, 5) is 0. The molecule has 2 nitrogen and oxygen atoms in total. The van der Waals surface area contributed by atoms with Gasteiger partial charge < -0.3 is 0 Å². The second-order valence-corrected chi connectivity index (χ2v) is 5.57. The van der Waals surface area contributed by atoms with Gasteiger partial charge in [0.1, 0.15) is 0 Å². The SMILES string of the molecule is Cc1cc(C#CS(C)(=O)=O)ccc1Br. The van der Waals surface area contributed by atoms with Gasteiger partial charge >= 0.3 is 0 Å². The third kappa shape index (κ3) is 3.52. The molecule has 0 heterocycles. The van der Waals surface area contributed by atoms with Crippen molar-refractivity contribution in [2.45, 2.75) is 6.92 Å². The second kappa shape index (κ2) is 4.16. The van der Waals surface area contributed by atoms with E-state index in [1.54, 1.807) is 6.07 Å². The van der Waals surface area contributed by atoms with Gasteiger partial charge in [-0.05, 0) is 30.7 Å². The van der Waals surface area contributed by atoms with Crippen molar-refractivity contribution in [1.82, 2.24) is 0 Å². The van der Waals surface area contributed by atoms with Gasteiger partial charge in [-0.15, -0.1) is 0 Å². The number of aryl methyl sites for hydroxylation is 1. The van der Waals surface area contributed by atoms with E-state index in [4.69, 9.17) is 0 Å². The summed E-state index contributed by atoms with van der Waals surface area (Å²) < 4.78 is 22.5. The lowest BCUT2D eigenvalue weighted by Crippen LogP contribution is -1.89. The van der Waals surface area contributed by atoms with Crippen molar-refractivity contribution in [2.75, 3.05) is 6.26 Å². The van der Waals surface area contributed by atoms with Crippen LogP contribution in [0.15, 0.2) is 22.7 Å². The zero-order chi connectivity index (χ0) is 10.8. The van der Waals surface area contributed by atoms with Crippen molar-refractivity contribution in [1.29, 1.82) is 0 Å². The van der Waals surface area contributed by atoms with Crippen LogP contribution in [0.25, 0.3) is 0 Å². The predicted molar refractivity (Wildman–Crippen MR) is 60.6 cm³/mol. The van der Waals surface area contributed by atoms with Crippen molar-refractivity contribution in [3.05, 3.63) is 33.8 Å². The Morgan fingerprint density at radius 2 is 2.00 bits per heavy atom. The molecule has 0 N–H and O–H groups in total. The lowest BCUT2D eigenvalue weighted by atomic mass is 10.1. The molecule has 1 aromatic rings. The zero-order valence-corrected chi connectivity index (χ0v) is 10.2. The third-order valence-corrected chi connectivity index (χ3v) is 2.90. The number of hydrogen-bond acceptors (Lipinski definition) is 2. The molecule has 14 heavy (non-hydrogen) atoms. The van der Waals surface area contributed by atoms with Gasteiger partial charge in [-0.3, -0.25) is 0 Å². The Morgan fingerprint density at radius 1 is 1.36 bits per heavy atom. The van der Waals surface area contributed by atoms with Gasteiger partial charge in [-0.1, -0.05) is 21.9 Å². The van der Waals surface area contributed by atoms with Crippen LogP contribution in [-0.2, 0) is 9.84 Å². The molecule has 0 aliphatic heterocycles. The fourth-order valence-electron chi connectivity index (χ4n) is 0.874. The van der Waals surface area contributed by atoms with Gasteiger partial charge in [0.2, 0.25) is 9.84 Å².